The Bertz CT molecular complexity index is 271. The third-order valence-corrected chi connectivity index (χ3v) is 2.43. The molecule has 2 N–H and O–H groups in total. The predicted molar refractivity (Wildman–Crippen MR) is 57.0 cm³/mol. The van der Waals surface area contributed by atoms with E-state index in [2.05, 4.69) is 11.9 Å². The highest BCUT2D eigenvalue weighted by atomic mass is 16.2. The number of aliphatic imine (C=N–C) groups is 1. The highest BCUT2D eigenvalue weighted by Crippen LogP contribution is 2.15. The van der Waals surface area contributed by atoms with Gasteiger partial charge in [0.25, 0.3) is 5.91 Å². The van der Waals surface area contributed by atoms with E-state index in [1.807, 2.05) is 4.90 Å². The SMILES string of the molecule is CN=C(/C=C\N)C(=O)N1CCC(C)C1. The van der Waals surface area contributed by atoms with Crippen molar-refractivity contribution in [2.45, 2.75) is 13.3 Å². The summed E-state index contributed by atoms with van der Waals surface area (Å²) in [4.78, 5) is 17.5. The highest BCUT2D eigenvalue weighted by Gasteiger charge is 2.24. The Balaban J connectivity index is 2.64. The van der Waals surface area contributed by atoms with Crippen molar-refractivity contribution in [1.82, 2.24) is 4.90 Å². The summed E-state index contributed by atoms with van der Waals surface area (Å²) < 4.78 is 0. The molecule has 1 rings (SSSR count). The fourth-order valence-corrected chi connectivity index (χ4v) is 1.61. The first-order valence-electron chi connectivity index (χ1n) is 4.83. The van der Waals surface area contributed by atoms with Crippen molar-refractivity contribution in [2.24, 2.45) is 16.6 Å². The molecule has 0 bridgehead atoms. The minimum absolute atomic E-state index is 0.0152. The third kappa shape index (κ3) is 2.34. The third-order valence-electron chi connectivity index (χ3n) is 2.43. The normalized spacial score (nSPS) is 23.4. The van der Waals surface area contributed by atoms with E-state index in [0.29, 0.717) is 11.6 Å². The van der Waals surface area contributed by atoms with E-state index >= 15 is 0 Å². The Morgan fingerprint density at radius 1 is 1.64 bits per heavy atom. The van der Waals surface area contributed by atoms with E-state index in [4.69, 9.17) is 5.73 Å². The second kappa shape index (κ2) is 4.79. The van der Waals surface area contributed by atoms with Gasteiger partial charge in [-0.1, -0.05) is 6.92 Å². The number of nitrogens with two attached hydrogens (primary N) is 1. The van der Waals surface area contributed by atoms with Crippen LogP contribution in [0.4, 0.5) is 0 Å². The molecule has 1 aliphatic rings. The molecular formula is C10H17N3O. The lowest BCUT2D eigenvalue weighted by Gasteiger charge is -2.15. The number of amides is 1. The lowest BCUT2D eigenvalue weighted by atomic mass is 10.2. The van der Waals surface area contributed by atoms with Gasteiger partial charge in [-0.3, -0.25) is 9.79 Å². The zero-order valence-electron chi connectivity index (χ0n) is 8.73. The molecule has 1 amide bonds. The van der Waals surface area contributed by atoms with Crippen LogP contribution < -0.4 is 5.73 Å². The Morgan fingerprint density at radius 2 is 2.36 bits per heavy atom. The van der Waals surface area contributed by atoms with E-state index in [1.165, 1.54) is 6.20 Å². The summed E-state index contributed by atoms with van der Waals surface area (Å²) in [5, 5.41) is 0. The molecule has 1 aliphatic heterocycles. The van der Waals surface area contributed by atoms with Crippen molar-refractivity contribution in [3.63, 3.8) is 0 Å². The van der Waals surface area contributed by atoms with Crippen LogP contribution in [0.3, 0.4) is 0 Å². The van der Waals surface area contributed by atoms with Crippen LogP contribution in [0, 0.1) is 5.92 Å². The molecule has 1 fully saturated rings. The van der Waals surface area contributed by atoms with Gasteiger partial charge in [0.15, 0.2) is 0 Å². The molecule has 0 saturated carbocycles. The van der Waals surface area contributed by atoms with E-state index < -0.39 is 0 Å². The fourth-order valence-electron chi connectivity index (χ4n) is 1.61. The van der Waals surface area contributed by atoms with Crippen LogP contribution in [0.2, 0.25) is 0 Å². The molecule has 78 valence electrons. The Hall–Kier alpha value is -1.32. The van der Waals surface area contributed by atoms with Crippen molar-refractivity contribution in [3.05, 3.63) is 12.3 Å². The van der Waals surface area contributed by atoms with Gasteiger partial charge in [0.1, 0.15) is 5.71 Å². The molecule has 4 nitrogen and oxygen atoms in total. The molecule has 0 aromatic carbocycles. The summed E-state index contributed by atoms with van der Waals surface area (Å²) >= 11 is 0. The summed E-state index contributed by atoms with van der Waals surface area (Å²) in [6.07, 6.45) is 3.97. The molecule has 4 heteroatoms. The Morgan fingerprint density at radius 3 is 2.79 bits per heavy atom. The van der Waals surface area contributed by atoms with Gasteiger partial charge >= 0.3 is 0 Å². The maximum absolute atomic E-state index is 11.8. The Kier molecular flexibility index (Phi) is 3.68. The van der Waals surface area contributed by atoms with E-state index in [9.17, 15) is 4.79 Å². The number of hydrogen-bond donors (Lipinski definition) is 1. The van der Waals surface area contributed by atoms with Gasteiger partial charge in [-0.2, -0.15) is 0 Å². The van der Waals surface area contributed by atoms with Gasteiger partial charge < -0.3 is 10.6 Å². The van der Waals surface area contributed by atoms with Crippen LogP contribution in [0.25, 0.3) is 0 Å². The summed E-state index contributed by atoms with van der Waals surface area (Å²) in [5.41, 5.74) is 5.67. The van der Waals surface area contributed by atoms with Crippen LogP contribution >= 0.6 is 0 Å². The smallest absolute Gasteiger partial charge is 0.272 e. The van der Waals surface area contributed by atoms with Crippen LogP contribution in [-0.4, -0.2) is 36.7 Å². The first kappa shape index (κ1) is 10.8. The maximum atomic E-state index is 11.8. The minimum atomic E-state index is -0.0152. The van der Waals surface area contributed by atoms with Gasteiger partial charge in [0.05, 0.1) is 0 Å². The van der Waals surface area contributed by atoms with Gasteiger partial charge in [0, 0.05) is 20.1 Å². The summed E-state index contributed by atoms with van der Waals surface area (Å²) in [7, 11) is 1.60. The Labute approximate surface area is 84.5 Å². The number of likely N-dealkylation sites (tertiary alicyclic amines) is 1. The molecule has 0 aromatic heterocycles. The first-order chi connectivity index (χ1) is 6.69. The van der Waals surface area contributed by atoms with Crippen molar-refractivity contribution >= 4 is 11.6 Å². The van der Waals surface area contributed by atoms with Crippen LogP contribution in [0.15, 0.2) is 17.3 Å². The van der Waals surface area contributed by atoms with Crippen molar-refractivity contribution in [3.8, 4) is 0 Å². The number of carbonyl (C=O) groups is 1. The van der Waals surface area contributed by atoms with Crippen molar-refractivity contribution in [2.75, 3.05) is 20.1 Å². The molecule has 0 spiro atoms. The standard InChI is InChI=1S/C10H17N3O/c1-8-4-6-13(7-8)10(14)9(12-2)3-5-11/h3,5,8H,4,6-7,11H2,1-2H3/b5-3-,12-9?. The van der Waals surface area contributed by atoms with E-state index in [-0.39, 0.29) is 5.91 Å². The van der Waals surface area contributed by atoms with Crippen LogP contribution in [0.5, 0.6) is 0 Å². The molecular weight excluding hydrogens is 178 g/mol. The van der Waals surface area contributed by atoms with Gasteiger partial charge in [-0.05, 0) is 24.6 Å². The van der Waals surface area contributed by atoms with Gasteiger partial charge in [-0.15, -0.1) is 0 Å². The van der Waals surface area contributed by atoms with Gasteiger partial charge in [-0.25, -0.2) is 0 Å². The summed E-state index contributed by atoms with van der Waals surface area (Å²) in [5.74, 6) is 0.581. The van der Waals surface area contributed by atoms with Gasteiger partial charge in [0.2, 0.25) is 0 Å². The summed E-state index contributed by atoms with van der Waals surface area (Å²) in [6.45, 7) is 3.81. The fraction of sp³-hybridized carbons (Fsp3) is 0.600. The molecule has 0 aliphatic carbocycles. The second-order valence-corrected chi connectivity index (χ2v) is 3.61. The highest BCUT2D eigenvalue weighted by molar-refractivity contribution is 6.43. The zero-order valence-corrected chi connectivity index (χ0v) is 8.73. The molecule has 1 saturated heterocycles. The molecule has 0 aromatic rings. The number of hydrogen-bond acceptors (Lipinski definition) is 3. The molecule has 1 heterocycles. The maximum Gasteiger partial charge on any atom is 0.272 e. The predicted octanol–water partition coefficient (Wildman–Crippen LogP) is 0.398. The molecule has 14 heavy (non-hydrogen) atoms. The average molecular weight is 195 g/mol. The molecule has 1 unspecified atom stereocenters. The first-order valence-corrected chi connectivity index (χ1v) is 4.83. The second-order valence-electron chi connectivity index (χ2n) is 3.61. The quantitative estimate of drug-likeness (QED) is 0.648. The van der Waals surface area contributed by atoms with Crippen molar-refractivity contribution in [1.29, 1.82) is 0 Å². The zero-order chi connectivity index (χ0) is 10.6. The lowest BCUT2D eigenvalue weighted by Crippen LogP contribution is -2.34. The van der Waals surface area contributed by atoms with E-state index in [1.54, 1.807) is 13.1 Å². The molecule has 1 atom stereocenters. The van der Waals surface area contributed by atoms with E-state index in [0.717, 1.165) is 19.5 Å². The van der Waals surface area contributed by atoms with Crippen LogP contribution in [-0.2, 0) is 4.79 Å². The van der Waals surface area contributed by atoms with Crippen molar-refractivity contribution < 1.29 is 4.79 Å². The molecule has 0 radical (unpaired) electrons. The monoisotopic (exact) mass is 195 g/mol. The topological polar surface area (TPSA) is 58.7 Å². The number of rotatable bonds is 2. The largest absolute Gasteiger partial charge is 0.405 e. The van der Waals surface area contributed by atoms with Crippen LogP contribution in [0.1, 0.15) is 13.3 Å². The summed E-state index contributed by atoms with van der Waals surface area (Å²) in [6, 6.07) is 0. The lowest BCUT2D eigenvalue weighted by molar-refractivity contribution is -0.123. The minimum Gasteiger partial charge on any atom is -0.405 e. The number of nitrogens with zero attached hydrogens (tertiary/aromatic N) is 2. The number of carbonyl (C=O) groups excluding carboxylic acids is 1. The average Bonchev–Trinajstić information content (AvgIpc) is 2.60.